The average Bonchev–Trinajstić information content (AvgIpc) is 3.61. The van der Waals surface area contributed by atoms with E-state index < -0.39 is 0 Å². The van der Waals surface area contributed by atoms with Gasteiger partial charge in [0, 0.05) is 44.3 Å². The molecule has 11 heteroatoms. The van der Waals surface area contributed by atoms with Crippen molar-refractivity contribution in [2.24, 2.45) is 0 Å². The van der Waals surface area contributed by atoms with E-state index in [1.165, 1.54) is 40.2 Å². The minimum absolute atomic E-state index is 0.775. The zero-order chi connectivity index (χ0) is 26.6. The van der Waals surface area contributed by atoms with Crippen LogP contribution >= 0.6 is 47.0 Å². The van der Waals surface area contributed by atoms with Gasteiger partial charge in [-0.25, -0.2) is 0 Å². The van der Waals surface area contributed by atoms with Crippen LogP contribution in [-0.4, -0.2) is 86.5 Å². The molecule has 1 aromatic carbocycles. The number of thioether (sulfide) groups is 2. The summed E-state index contributed by atoms with van der Waals surface area (Å²) in [5, 5.41) is 2.13. The molecule has 0 amide bonds. The predicted octanol–water partition coefficient (Wildman–Crippen LogP) is 5.93. The van der Waals surface area contributed by atoms with E-state index in [1.807, 2.05) is 13.0 Å². The van der Waals surface area contributed by atoms with Crippen molar-refractivity contribution in [3.8, 4) is 0 Å². The summed E-state index contributed by atoms with van der Waals surface area (Å²) in [6.07, 6.45) is 6.81. The molecule has 0 radical (unpaired) electrons. The summed E-state index contributed by atoms with van der Waals surface area (Å²) in [4.78, 5) is 4.66. The Bertz CT molecular complexity index is 1180. The highest BCUT2D eigenvalue weighted by molar-refractivity contribution is 7.99. The maximum Gasteiger partial charge on any atom is 0.138 e. The van der Waals surface area contributed by atoms with Crippen molar-refractivity contribution in [2.75, 3.05) is 59.2 Å². The number of hydrogen-bond donors (Lipinski definition) is 0. The van der Waals surface area contributed by atoms with Crippen molar-refractivity contribution in [2.45, 2.75) is 35.6 Å². The molecule has 204 valence electrons. The van der Waals surface area contributed by atoms with Crippen LogP contribution < -0.4 is 0 Å². The number of likely N-dealkylation sites (N-methyl/N-ethyl adjacent to an activating group) is 2. The lowest BCUT2D eigenvalue weighted by molar-refractivity contribution is 0.164. The minimum atomic E-state index is 0.775. The van der Waals surface area contributed by atoms with Crippen molar-refractivity contribution in [3.63, 3.8) is 0 Å². The second-order valence-corrected chi connectivity index (χ2v) is 12.3. The fraction of sp³-hybridized carbons (Fsp3) is 0.481. The van der Waals surface area contributed by atoms with Crippen LogP contribution in [0.2, 0.25) is 0 Å². The van der Waals surface area contributed by atoms with Crippen LogP contribution in [0.1, 0.15) is 36.7 Å². The van der Waals surface area contributed by atoms with E-state index >= 15 is 0 Å². The number of rotatable bonds is 10. The Morgan fingerprint density at radius 3 is 1.95 bits per heavy atom. The summed E-state index contributed by atoms with van der Waals surface area (Å²) in [7, 11) is 4.30. The van der Waals surface area contributed by atoms with Gasteiger partial charge < -0.3 is 14.5 Å². The van der Waals surface area contributed by atoms with Gasteiger partial charge in [0.15, 0.2) is 0 Å². The van der Waals surface area contributed by atoms with Gasteiger partial charge in [0.25, 0.3) is 0 Å². The Kier molecular flexibility index (Phi) is 12.3. The monoisotopic (exact) mass is 588 g/mol. The van der Waals surface area contributed by atoms with Gasteiger partial charge in [-0.05, 0) is 50.6 Å². The van der Waals surface area contributed by atoms with E-state index in [-0.39, 0.29) is 0 Å². The van der Waals surface area contributed by atoms with Crippen LogP contribution in [0.5, 0.6) is 0 Å². The molecule has 0 bridgehead atoms. The molecule has 3 aromatic rings. The van der Waals surface area contributed by atoms with Crippen LogP contribution in [0.3, 0.4) is 0 Å². The Balaban J connectivity index is 0.000000178. The average molecular weight is 589 g/mol. The normalized spacial score (nSPS) is 16.5. The molecular formula is C27H36N6OS4. The van der Waals surface area contributed by atoms with Gasteiger partial charge in [-0.15, -0.1) is 11.8 Å². The molecule has 7 nitrogen and oxygen atoms in total. The molecule has 4 heterocycles. The van der Waals surface area contributed by atoms with Gasteiger partial charge >= 0.3 is 0 Å². The third kappa shape index (κ3) is 8.97. The first-order chi connectivity index (χ1) is 18.6. The second-order valence-electron chi connectivity index (χ2n) is 9.17. The van der Waals surface area contributed by atoms with Crippen LogP contribution in [0.15, 0.2) is 52.5 Å². The van der Waals surface area contributed by atoms with Gasteiger partial charge in [-0.2, -0.15) is 17.5 Å². The molecule has 2 aliphatic heterocycles. The Hall–Kier alpha value is -1.60. The van der Waals surface area contributed by atoms with Gasteiger partial charge in [-0.1, -0.05) is 54.2 Å². The zero-order valence-electron chi connectivity index (χ0n) is 22.3. The van der Waals surface area contributed by atoms with Crippen molar-refractivity contribution in [3.05, 3.63) is 59.4 Å². The van der Waals surface area contributed by atoms with E-state index in [2.05, 4.69) is 77.8 Å². The lowest BCUT2D eigenvalue weighted by atomic mass is 10.1. The maximum absolute atomic E-state index is 5.35. The molecular weight excluding hydrogens is 553 g/mol. The third-order valence-electron chi connectivity index (χ3n) is 6.10. The van der Waals surface area contributed by atoms with Crippen molar-refractivity contribution >= 4 is 58.1 Å². The topological polar surface area (TPSA) is 67.3 Å². The molecule has 2 aliphatic rings. The highest BCUT2D eigenvalue weighted by atomic mass is 32.2. The summed E-state index contributed by atoms with van der Waals surface area (Å²) < 4.78 is 23.2. The maximum atomic E-state index is 5.35. The smallest absolute Gasteiger partial charge is 0.138 e. The fourth-order valence-corrected chi connectivity index (χ4v) is 7.37. The molecule has 2 aromatic heterocycles. The molecule has 0 atom stereocenters. The van der Waals surface area contributed by atoms with Crippen molar-refractivity contribution in [1.82, 2.24) is 27.3 Å². The molecule has 0 spiro atoms. The first-order valence-electron chi connectivity index (χ1n) is 12.9. The molecule has 0 fully saturated rings. The Morgan fingerprint density at radius 1 is 0.816 bits per heavy atom. The lowest BCUT2D eigenvalue weighted by Gasteiger charge is -2.22. The number of benzene rings is 1. The minimum Gasteiger partial charge on any atom is -0.381 e. The van der Waals surface area contributed by atoms with E-state index in [0.717, 1.165) is 85.2 Å². The fourth-order valence-electron chi connectivity index (χ4n) is 4.14. The number of aromatic nitrogens is 4. The van der Waals surface area contributed by atoms with Crippen molar-refractivity contribution in [1.29, 1.82) is 0 Å². The molecule has 5 rings (SSSR count). The number of hydrogen-bond acceptors (Lipinski definition) is 11. The lowest BCUT2D eigenvalue weighted by Crippen LogP contribution is -2.25. The summed E-state index contributed by atoms with van der Waals surface area (Å²) in [6, 6.07) is 10.5. The van der Waals surface area contributed by atoms with Crippen LogP contribution in [0.25, 0.3) is 11.1 Å². The van der Waals surface area contributed by atoms with Crippen LogP contribution in [-0.2, 0) is 10.5 Å². The van der Waals surface area contributed by atoms with Crippen LogP contribution in [0.4, 0.5) is 0 Å². The molecule has 0 aliphatic carbocycles. The highest BCUT2D eigenvalue weighted by Gasteiger charge is 2.18. The standard InChI is InChI=1S/C15H17N3S2.C12H19N3OS2/c1-18-9-5-8-13(10-18)14-15(17-20-16-14)19-11-12-6-3-2-4-7-12;1-3-16-7-8-17-12-11(13-18-14-12)10-5-4-6-15(2)9-10/h2-4,6-8H,5,9-11H2,1H3;5H,3-4,6-9H2,1-2H3. The summed E-state index contributed by atoms with van der Waals surface area (Å²) in [6.45, 7) is 7.79. The second kappa shape index (κ2) is 15.9. The van der Waals surface area contributed by atoms with E-state index in [0.29, 0.717) is 0 Å². The predicted molar refractivity (Wildman–Crippen MR) is 163 cm³/mol. The van der Waals surface area contributed by atoms with Crippen molar-refractivity contribution < 1.29 is 4.74 Å². The quantitative estimate of drug-likeness (QED) is 0.212. The first-order valence-corrected chi connectivity index (χ1v) is 16.4. The number of nitrogens with zero attached hydrogens (tertiary/aromatic N) is 6. The van der Waals surface area contributed by atoms with Gasteiger partial charge in [0.1, 0.15) is 21.4 Å². The Morgan fingerprint density at radius 2 is 1.39 bits per heavy atom. The zero-order valence-corrected chi connectivity index (χ0v) is 25.6. The van der Waals surface area contributed by atoms with Gasteiger partial charge in [-0.3, -0.25) is 0 Å². The van der Waals surface area contributed by atoms with Crippen LogP contribution in [0, 0.1) is 0 Å². The third-order valence-corrected chi connectivity index (χ3v) is 9.35. The van der Waals surface area contributed by atoms with E-state index in [4.69, 9.17) is 4.74 Å². The largest absolute Gasteiger partial charge is 0.381 e. The van der Waals surface area contributed by atoms with Gasteiger partial charge in [0.2, 0.25) is 0 Å². The summed E-state index contributed by atoms with van der Waals surface area (Å²) in [5.41, 5.74) is 6.13. The highest BCUT2D eigenvalue weighted by Crippen LogP contribution is 2.31. The van der Waals surface area contributed by atoms with E-state index in [9.17, 15) is 0 Å². The molecule has 0 saturated carbocycles. The van der Waals surface area contributed by atoms with E-state index in [1.54, 1.807) is 23.5 Å². The first kappa shape index (κ1) is 29.4. The Labute approximate surface area is 243 Å². The molecule has 0 saturated heterocycles. The molecule has 0 unspecified atom stereocenters. The summed E-state index contributed by atoms with van der Waals surface area (Å²) in [5.74, 6) is 1.89. The number of ether oxygens (including phenoxy) is 1. The molecule has 38 heavy (non-hydrogen) atoms. The van der Waals surface area contributed by atoms with Gasteiger partial charge in [0.05, 0.1) is 30.1 Å². The molecule has 0 N–H and O–H groups in total. The SMILES string of the molecule is CCOCCSc1nsnc1C1=CCCN(C)C1.CN1CCC=C(c2nsnc2SCc2ccccc2)C1. The summed E-state index contributed by atoms with van der Waals surface area (Å²) >= 11 is 6.14.